The normalized spacial score (nSPS) is 11.1. The Morgan fingerprint density at radius 1 is 1.09 bits per heavy atom. The van der Waals surface area contributed by atoms with E-state index >= 15 is 0 Å². The molecular formula is C27H22BrN3O3. The second kappa shape index (κ2) is 9.27. The van der Waals surface area contributed by atoms with Crippen molar-refractivity contribution >= 4 is 32.6 Å². The van der Waals surface area contributed by atoms with Crippen molar-refractivity contribution in [2.45, 2.75) is 19.9 Å². The number of ether oxygens (including phenoxy) is 1. The maximum atomic E-state index is 13.2. The molecular weight excluding hydrogens is 494 g/mol. The summed E-state index contributed by atoms with van der Waals surface area (Å²) in [5, 5.41) is 1.06. The summed E-state index contributed by atoms with van der Waals surface area (Å²) in [6, 6.07) is 19.7. The summed E-state index contributed by atoms with van der Waals surface area (Å²) in [5.74, 6) is 1.12. The lowest BCUT2D eigenvalue weighted by atomic mass is 10.0. The number of Topliss-reactive ketones (excluding diaryl/α,β-unsaturated/α-hetero) is 1. The van der Waals surface area contributed by atoms with Crippen molar-refractivity contribution < 1.29 is 13.9 Å². The summed E-state index contributed by atoms with van der Waals surface area (Å²) in [6.45, 7) is 2.17. The predicted octanol–water partition coefficient (Wildman–Crippen LogP) is 6.24. The van der Waals surface area contributed by atoms with Crippen LogP contribution in [-0.4, -0.2) is 27.4 Å². The first-order valence-corrected chi connectivity index (χ1v) is 11.6. The Labute approximate surface area is 205 Å². The molecule has 0 amide bonds. The average Bonchev–Trinajstić information content (AvgIpc) is 3.46. The van der Waals surface area contributed by atoms with Gasteiger partial charge >= 0.3 is 0 Å². The summed E-state index contributed by atoms with van der Waals surface area (Å²) < 4.78 is 14.3. The van der Waals surface area contributed by atoms with E-state index in [9.17, 15) is 4.79 Å². The van der Waals surface area contributed by atoms with Crippen molar-refractivity contribution in [2.24, 2.45) is 0 Å². The molecule has 0 atom stereocenters. The molecule has 3 heterocycles. The minimum Gasteiger partial charge on any atom is -0.497 e. The quantitative estimate of drug-likeness (QED) is 0.240. The topological polar surface area (TPSA) is 70.2 Å². The highest BCUT2D eigenvalue weighted by Gasteiger charge is 2.21. The molecule has 6 nitrogen and oxygen atoms in total. The molecule has 0 aliphatic carbocycles. The lowest BCUT2D eigenvalue weighted by molar-refractivity contribution is 0.0940. The van der Waals surface area contributed by atoms with Crippen LogP contribution in [0.2, 0.25) is 0 Å². The van der Waals surface area contributed by atoms with Gasteiger partial charge in [0.25, 0.3) is 5.89 Å². The van der Waals surface area contributed by atoms with E-state index in [0.29, 0.717) is 11.5 Å². The Morgan fingerprint density at radius 2 is 1.91 bits per heavy atom. The molecule has 0 bridgehead atoms. The molecule has 0 aliphatic heterocycles. The zero-order chi connectivity index (χ0) is 23.7. The first-order chi connectivity index (χ1) is 16.5. The fraction of sp³-hybridized carbons (Fsp3) is 0.148. The third-order valence-corrected chi connectivity index (χ3v) is 6.45. The van der Waals surface area contributed by atoms with Crippen LogP contribution in [0.5, 0.6) is 5.75 Å². The lowest BCUT2D eigenvalue weighted by Gasteiger charge is -2.07. The van der Waals surface area contributed by atoms with Crippen LogP contribution < -0.4 is 4.74 Å². The summed E-state index contributed by atoms with van der Waals surface area (Å²) in [7, 11) is 1.66. The van der Waals surface area contributed by atoms with E-state index in [2.05, 4.69) is 38.0 Å². The van der Waals surface area contributed by atoms with Crippen molar-refractivity contribution in [1.82, 2.24) is 14.5 Å². The van der Waals surface area contributed by atoms with Gasteiger partial charge in [-0.1, -0.05) is 34.1 Å². The van der Waals surface area contributed by atoms with Gasteiger partial charge in [-0.15, -0.1) is 0 Å². The number of hydrogen-bond acceptors (Lipinski definition) is 5. The Morgan fingerprint density at radius 3 is 2.65 bits per heavy atom. The van der Waals surface area contributed by atoms with Gasteiger partial charge in [0.15, 0.2) is 5.76 Å². The van der Waals surface area contributed by atoms with Crippen LogP contribution in [0.1, 0.15) is 27.5 Å². The van der Waals surface area contributed by atoms with Crippen LogP contribution >= 0.6 is 15.9 Å². The van der Waals surface area contributed by atoms with Crippen molar-refractivity contribution in [3.63, 3.8) is 0 Å². The fourth-order valence-corrected chi connectivity index (χ4v) is 4.40. The number of benzene rings is 2. The smallest absolute Gasteiger partial charge is 0.265 e. The largest absolute Gasteiger partial charge is 0.497 e. The first kappa shape index (κ1) is 22.1. The van der Waals surface area contributed by atoms with Crippen LogP contribution in [0, 0.1) is 6.92 Å². The van der Waals surface area contributed by atoms with E-state index in [4.69, 9.17) is 9.15 Å². The van der Waals surface area contributed by atoms with Crippen LogP contribution in [0.25, 0.3) is 22.4 Å². The Bertz CT molecular complexity index is 1470. The number of rotatable bonds is 7. The van der Waals surface area contributed by atoms with Crippen molar-refractivity contribution in [1.29, 1.82) is 0 Å². The van der Waals surface area contributed by atoms with Crippen LogP contribution in [0.3, 0.4) is 0 Å². The van der Waals surface area contributed by atoms with E-state index < -0.39 is 0 Å². The number of carbonyl (C=O) groups excluding carboxylic acids is 1. The summed E-state index contributed by atoms with van der Waals surface area (Å²) in [5.41, 5.74) is 4.98. The molecule has 0 saturated carbocycles. The third-order valence-electron chi connectivity index (χ3n) is 5.92. The molecule has 0 fully saturated rings. The Balaban J connectivity index is 1.50. The fourth-order valence-electron chi connectivity index (χ4n) is 4.13. The van der Waals surface area contributed by atoms with Crippen LogP contribution in [0.15, 0.2) is 81.9 Å². The summed E-state index contributed by atoms with van der Waals surface area (Å²) >= 11 is 3.50. The number of methoxy groups -OCH3 is 1. The Hall–Kier alpha value is -3.71. The predicted molar refractivity (Wildman–Crippen MR) is 134 cm³/mol. The number of nitrogens with zero attached hydrogens (tertiary/aromatic N) is 3. The molecule has 0 saturated heterocycles. The molecule has 5 aromatic rings. The molecule has 5 rings (SSSR count). The zero-order valence-electron chi connectivity index (χ0n) is 18.8. The number of aromatic nitrogens is 3. The monoisotopic (exact) mass is 515 g/mol. The molecule has 0 spiro atoms. The highest BCUT2D eigenvalue weighted by Crippen LogP contribution is 2.32. The van der Waals surface area contributed by atoms with Crippen molar-refractivity contribution in [3.8, 4) is 17.2 Å². The number of pyridine rings is 1. The maximum absolute atomic E-state index is 13.2. The molecule has 7 heteroatoms. The van der Waals surface area contributed by atoms with Crippen LogP contribution in [0.4, 0.5) is 0 Å². The summed E-state index contributed by atoms with van der Waals surface area (Å²) in [6.07, 6.45) is 3.96. The van der Waals surface area contributed by atoms with Gasteiger partial charge in [0, 0.05) is 27.3 Å². The highest BCUT2D eigenvalue weighted by atomic mass is 79.9. The van der Waals surface area contributed by atoms with Crippen molar-refractivity contribution in [3.05, 3.63) is 100 Å². The lowest BCUT2D eigenvalue weighted by Crippen LogP contribution is -2.12. The minimum absolute atomic E-state index is 0.0740. The molecule has 34 heavy (non-hydrogen) atoms. The number of halogens is 1. The number of carbonyl (C=O) groups is 1. The van der Waals surface area contributed by atoms with Gasteiger partial charge in [0.05, 0.1) is 19.9 Å². The second-order valence-electron chi connectivity index (χ2n) is 8.00. The molecule has 2 aromatic carbocycles. The van der Waals surface area contributed by atoms with E-state index in [1.807, 2.05) is 60.0 Å². The number of fused-ring (bicyclic) bond motifs is 1. The SMILES string of the molecule is COc1ccc2c(c1)c(Cc1ccc(Br)cc1)c(C)n2CC(=O)c1ncc(-c2ccccn2)o1. The van der Waals surface area contributed by atoms with Gasteiger partial charge in [-0.05, 0) is 66.9 Å². The maximum Gasteiger partial charge on any atom is 0.265 e. The van der Waals surface area contributed by atoms with Gasteiger partial charge in [0.2, 0.25) is 5.78 Å². The molecule has 170 valence electrons. The number of oxazole rings is 1. The van der Waals surface area contributed by atoms with Gasteiger partial charge in [-0.3, -0.25) is 9.78 Å². The van der Waals surface area contributed by atoms with Gasteiger partial charge < -0.3 is 13.7 Å². The van der Waals surface area contributed by atoms with Gasteiger partial charge in [-0.25, -0.2) is 4.98 Å². The van der Waals surface area contributed by atoms with E-state index in [-0.39, 0.29) is 18.2 Å². The minimum atomic E-state index is -0.201. The van der Waals surface area contributed by atoms with Gasteiger partial charge in [-0.2, -0.15) is 0 Å². The average molecular weight is 516 g/mol. The first-order valence-electron chi connectivity index (χ1n) is 10.8. The van der Waals surface area contributed by atoms with E-state index in [1.165, 1.54) is 5.56 Å². The van der Waals surface area contributed by atoms with E-state index in [1.54, 1.807) is 19.5 Å². The molecule has 0 N–H and O–H groups in total. The molecule has 0 aliphatic rings. The molecule has 3 aromatic heterocycles. The van der Waals surface area contributed by atoms with E-state index in [0.717, 1.165) is 38.8 Å². The van der Waals surface area contributed by atoms with Gasteiger partial charge in [0.1, 0.15) is 11.4 Å². The number of ketones is 1. The number of hydrogen-bond donors (Lipinski definition) is 0. The highest BCUT2D eigenvalue weighted by molar-refractivity contribution is 9.10. The zero-order valence-corrected chi connectivity index (χ0v) is 20.4. The third kappa shape index (κ3) is 4.26. The molecule has 0 radical (unpaired) electrons. The molecule has 0 unspecified atom stereocenters. The summed E-state index contributed by atoms with van der Waals surface area (Å²) in [4.78, 5) is 21.6. The standard InChI is InChI=1S/C27H22BrN3O3/c1-17-21(13-18-6-8-19(28)9-7-18)22-14-20(33-2)10-11-24(22)31(17)16-25(32)27-30-15-26(34-27)23-5-3-4-12-29-23/h3-12,14-15H,13,16H2,1-2H3. The Kier molecular flexibility index (Phi) is 6.02. The van der Waals surface area contributed by atoms with Crippen molar-refractivity contribution in [2.75, 3.05) is 7.11 Å². The van der Waals surface area contributed by atoms with Crippen LogP contribution in [-0.2, 0) is 13.0 Å². The second-order valence-corrected chi connectivity index (χ2v) is 8.92.